The number of amides is 1. The van der Waals surface area contributed by atoms with E-state index >= 15 is 0 Å². The summed E-state index contributed by atoms with van der Waals surface area (Å²) in [7, 11) is 0. The average Bonchev–Trinajstić information content (AvgIpc) is 2.44. The van der Waals surface area contributed by atoms with Gasteiger partial charge in [-0.3, -0.25) is 4.79 Å². The highest BCUT2D eigenvalue weighted by Gasteiger charge is 2.21. The van der Waals surface area contributed by atoms with Gasteiger partial charge in [-0.05, 0) is 42.8 Å². The molecule has 1 amide bonds. The van der Waals surface area contributed by atoms with Crippen LogP contribution in [0.25, 0.3) is 0 Å². The Morgan fingerprint density at radius 2 is 1.73 bits per heavy atom. The number of hydrogen-bond donors (Lipinski definition) is 2. The molecule has 2 N–H and O–H groups in total. The van der Waals surface area contributed by atoms with Crippen LogP contribution in [0.4, 0.5) is 17.3 Å². The summed E-state index contributed by atoms with van der Waals surface area (Å²) in [6, 6.07) is 9.45. The van der Waals surface area contributed by atoms with Gasteiger partial charge in [-0.1, -0.05) is 36.7 Å². The van der Waals surface area contributed by atoms with Crippen LogP contribution < -0.4 is 10.6 Å². The van der Waals surface area contributed by atoms with E-state index in [9.17, 15) is 4.79 Å². The van der Waals surface area contributed by atoms with Gasteiger partial charge in [0.2, 0.25) is 5.91 Å². The van der Waals surface area contributed by atoms with Crippen LogP contribution in [0.2, 0.25) is 0 Å². The molecule has 0 aliphatic carbocycles. The van der Waals surface area contributed by atoms with Gasteiger partial charge in [0.1, 0.15) is 0 Å². The average molecular weight is 363 g/mol. The van der Waals surface area contributed by atoms with Crippen LogP contribution >= 0.6 is 15.9 Å². The van der Waals surface area contributed by atoms with Gasteiger partial charge >= 0.3 is 0 Å². The SMILES string of the molecule is Cc1cc(Nc2ccc(NC(=O)C(C)(C)C)nn2)ccc1Br. The summed E-state index contributed by atoms with van der Waals surface area (Å²) in [5.41, 5.74) is 1.60. The number of aromatic nitrogens is 2. The number of rotatable bonds is 3. The Kier molecular flexibility index (Phi) is 4.81. The van der Waals surface area contributed by atoms with Crippen LogP contribution in [0.15, 0.2) is 34.8 Å². The topological polar surface area (TPSA) is 66.9 Å². The zero-order chi connectivity index (χ0) is 16.3. The Hall–Kier alpha value is -1.95. The normalized spacial score (nSPS) is 11.1. The lowest BCUT2D eigenvalue weighted by Gasteiger charge is -2.16. The lowest BCUT2D eigenvalue weighted by Crippen LogP contribution is -2.28. The van der Waals surface area contributed by atoms with Gasteiger partial charge in [-0.2, -0.15) is 0 Å². The van der Waals surface area contributed by atoms with E-state index in [2.05, 4.69) is 36.8 Å². The van der Waals surface area contributed by atoms with Crippen molar-refractivity contribution in [2.75, 3.05) is 10.6 Å². The minimum atomic E-state index is -0.465. The summed E-state index contributed by atoms with van der Waals surface area (Å²) >= 11 is 3.47. The standard InChI is InChI=1S/C16H19BrN4O/c1-10-9-11(5-6-12(10)17)18-13-7-8-14(21-20-13)19-15(22)16(2,3)4/h5-9H,1-4H3,(H,18,20)(H,19,21,22). The van der Waals surface area contributed by atoms with Crippen LogP contribution in [0.5, 0.6) is 0 Å². The number of benzene rings is 1. The first-order chi connectivity index (χ1) is 10.3. The van der Waals surface area contributed by atoms with Crippen molar-refractivity contribution in [3.63, 3.8) is 0 Å². The first-order valence-electron chi connectivity index (χ1n) is 6.94. The van der Waals surface area contributed by atoms with Crippen LogP contribution in [0.3, 0.4) is 0 Å². The Bertz CT molecular complexity index is 678. The molecule has 1 heterocycles. The number of hydrogen-bond acceptors (Lipinski definition) is 4. The van der Waals surface area contributed by atoms with E-state index in [1.807, 2.05) is 45.9 Å². The van der Waals surface area contributed by atoms with Crippen molar-refractivity contribution >= 4 is 39.2 Å². The van der Waals surface area contributed by atoms with E-state index < -0.39 is 5.41 Å². The van der Waals surface area contributed by atoms with E-state index in [0.717, 1.165) is 15.7 Å². The maximum Gasteiger partial charge on any atom is 0.230 e. The molecule has 0 saturated carbocycles. The van der Waals surface area contributed by atoms with Crippen LogP contribution in [-0.4, -0.2) is 16.1 Å². The predicted molar refractivity (Wildman–Crippen MR) is 92.3 cm³/mol. The van der Waals surface area contributed by atoms with Gasteiger partial charge in [-0.15, -0.1) is 10.2 Å². The van der Waals surface area contributed by atoms with E-state index in [-0.39, 0.29) is 5.91 Å². The Morgan fingerprint density at radius 3 is 2.27 bits per heavy atom. The maximum atomic E-state index is 11.9. The van der Waals surface area contributed by atoms with E-state index in [0.29, 0.717) is 11.6 Å². The molecular formula is C16H19BrN4O. The molecule has 5 nitrogen and oxygen atoms in total. The molecule has 0 radical (unpaired) electrons. The summed E-state index contributed by atoms with van der Waals surface area (Å²) in [5.74, 6) is 0.971. The number of carbonyl (C=O) groups excluding carboxylic acids is 1. The third kappa shape index (κ3) is 4.27. The van der Waals surface area contributed by atoms with Gasteiger partial charge in [0.05, 0.1) is 0 Å². The molecule has 0 aliphatic heterocycles. The lowest BCUT2D eigenvalue weighted by molar-refractivity contribution is -0.123. The number of nitrogens with zero attached hydrogens (tertiary/aromatic N) is 2. The molecule has 1 aromatic carbocycles. The first-order valence-corrected chi connectivity index (χ1v) is 7.73. The molecule has 0 fully saturated rings. The van der Waals surface area contributed by atoms with Crippen molar-refractivity contribution < 1.29 is 4.79 Å². The smallest absolute Gasteiger partial charge is 0.230 e. The summed E-state index contributed by atoms with van der Waals surface area (Å²) in [6.07, 6.45) is 0. The molecule has 1 aromatic heterocycles. The zero-order valence-electron chi connectivity index (χ0n) is 13.1. The number of nitrogens with one attached hydrogen (secondary N) is 2. The summed E-state index contributed by atoms with van der Waals surface area (Å²) < 4.78 is 1.06. The minimum Gasteiger partial charge on any atom is -0.339 e. The number of aryl methyl sites for hydroxylation is 1. The molecule has 2 rings (SSSR count). The Balaban J connectivity index is 2.06. The number of halogens is 1. The fourth-order valence-electron chi connectivity index (χ4n) is 1.64. The van der Waals surface area contributed by atoms with Gasteiger partial charge in [0, 0.05) is 15.6 Å². The Labute approximate surface area is 138 Å². The largest absolute Gasteiger partial charge is 0.339 e. The second-order valence-electron chi connectivity index (χ2n) is 6.10. The summed E-state index contributed by atoms with van der Waals surface area (Å²) in [4.78, 5) is 11.9. The molecular weight excluding hydrogens is 344 g/mol. The van der Waals surface area contributed by atoms with Crippen LogP contribution in [-0.2, 0) is 4.79 Å². The number of carbonyl (C=O) groups is 1. The third-order valence-corrected chi connectivity index (χ3v) is 3.91. The monoisotopic (exact) mass is 362 g/mol. The Morgan fingerprint density at radius 1 is 1.09 bits per heavy atom. The predicted octanol–water partition coefficient (Wildman–Crippen LogP) is 4.28. The fraction of sp³-hybridized carbons (Fsp3) is 0.312. The molecule has 0 aliphatic rings. The van der Waals surface area contributed by atoms with Crippen molar-refractivity contribution in [1.29, 1.82) is 0 Å². The van der Waals surface area contributed by atoms with Crippen molar-refractivity contribution in [2.24, 2.45) is 5.41 Å². The number of anilines is 3. The molecule has 0 saturated heterocycles. The third-order valence-electron chi connectivity index (χ3n) is 3.02. The van der Waals surface area contributed by atoms with Gasteiger partial charge in [0.15, 0.2) is 11.6 Å². The molecule has 2 aromatic rings. The molecule has 116 valence electrons. The second kappa shape index (κ2) is 6.44. The fourth-order valence-corrected chi connectivity index (χ4v) is 1.89. The van der Waals surface area contributed by atoms with Crippen LogP contribution in [0.1, 0.15) is 26.3 Å². The summed E-state index contributed by atoms with van der Waals surface area (Å²) in [6.45, 7) is 7.57. The highest BCUT2D eigenvalue weighted by atomic mass is 79.9. The lowest BCUT2D eigenvalue weighted by atomic mass is 9.96. The maximum absolute atomic E-state index is 11.9. The molecule has 0 bridgehead atoms. The van der Waals surface area contributed by atoms with E-state index in [4.69, 9.17) is 0 Å². The molecule has 6 heteroatoms. The van der Waals surface area contributed by atoms with Gasteiger partial charge in [-0.25, -0.2) is 0 Å². The van der Waals surface area contributed by atoms with Crippen molar-refractivity contribution in [3.05, 3.63) is 40.4 Å². The van der Waals surface area contributed by atoms with E-state index in [1.54, 1.807) is 12.1 Å². The molecule has 22 heavy (non-hydrogen) atoms. The minimum absolute atomic E-state index is 0.0916. The summed E-state index contributed by atoms with van der Waals surface area (Å²) in [5, 5.41) is 14.0. The van der Waals surface area contributed by atoms with Crippen molar-refractivity contribution in [1.82, 2.24) is 10.2 Å². The highest BCUT2D eigenvalue weighted by Crippen LogP contribution is 2.22. The van der Waals surface area contributed by atoms with Crippen molar-refractivity contribution in [3.8, 4) is 0 Å². The molecule has 0 unspecified atom stereocenters. The zero-order valence-corrected chi connectivity index (χ0v) is 14.7. The quantitative estimate of drug-likeness (QED) is 0.854. The van der Waals surface area contributed by atoms with Gasteiger partial charge in [0.25, 0.3) is 0 Å². The van der Waals surface area contributed by atoms with Gasteiger partial charge < -0.3 is 10.6 Å². The second-order valence-corrected chi connectivity index (χ2v) is 6.95. The molecule has 0 spiro atoms. The first kappa shape index (κ1) is 16.4. The molecule has 0 atom stereocenters. The van der Waals surface area contributed by atoms with Crippen molar-refractivity contribution in [2.45, 2.75) is 27.7 Å². The van der Waals surface area contributed by atoms with E-state index in [1.165, 1.54) is 0 Å². The highest BCUT2D eigenvalue weighted by molar-refractivity contribution is 9.10. The van der Waals surface area contributed by atoms with Crippen LogP contribution in [0, 0.1) is 12.3 Å².